The van der Waals surface area contributed by atoms with Crippen LogP contribution in [-0.2, 0) is 11.4 Å². The summed E-state index contributed by atoms with van der Waals surface area (Å²) in [6.07, 6.45) is 6.88. The van der Waals surface area contributed by atoms with Crippen LogP contribution in [0.2, 0.25) is 0 Å². The van der Waals surface area contributed by atoms with Gasteiger partial charge in [0.15, 0.2) is 0 Å². The topological polar surface area (TPSA) is 35.4 Å². The maximum Gasteiger partial charge on any atom is 0.144 e. The third-order valence-corrected chi connectivity index (χ3v) is 4.07. The van der Waals surface area contributed by atoms with E-state index in [1.165, 1.54) is 25.7 Å². The Morgan fingerprint density at radius 3 is 2.21 bits per heavy atom. The summed E-state index contributed by atoms with van der Waals surface area (Å²) in [5, 5.41) is 0. The zero-order valence-corrected chi connectivity index (χ0v) is 10.5. The molecule has 0 aromatic carbocycles. The first kappa shape index (κ1) is 12.1. The lowest BCUT2D eigenvalue weighted by Gasteiger charge is -2.21. The summed E-state index contributed by atoms with van der Waals surface area (Å²) in [6, 6.07) is 0. The van der Waals surface area contributed by atoms with E-state index in [4.69, 9.17) is 0 Å². The van der Waals surface area contributed by atoms with E-state index in [1.807, 2.05) is 27.0 Å². The molecule has 0 aromatic heterocycles. The van der Waals surface area contributed by atoms with Crippen molar-refractivity contribution >= 4 is 17.6 Å². The molecule has 1 aliphatic rings. The van der Waals surface area contributed by atoms with Crippen molar-refractivity contribution in [2.45, 2.75) is 58.1 Å². The fourth-order valence-corrected chi connectivity index (χ4v) is 2.31. The molecule has 2 nitrogen and oxygen atoms in total. The molecule has 0 N–H and O–H groups in total. The Morgan fingerprint density at radius 2 is 1.79 bits per heavy atom. The van der Waals surface area contributed by atoms with Crippen molar-refractivity contribution in [1.82, 2.24) is 0 Å². The number of hydrogen-bond donors (Lipinski definition) is 0. The SMILES string of the molecule is CC1(C=N[S@+]([O-])C(C)(C)C)CCCC1. The fraction of sp³-hybridized carbons (Fsp3) is 0.909. The van der Waals surface area contributed by atoms with Crippen molar-refractivity contribution in [3.8, 4) is 0 Å². The predicted molar refractivity (Wildman–Crippen MR) is 63.0 cm³/mol. The van der Waals surface area contributed by atoms with Crippen molar-refractivity contribution in [3.05, 3.63) is 0 Å². The van der Waals surface area contributed by atoms with Crippen LogP contribution in [0, 0.1) is 5.41 Å². The summed E-state index contributed by atoms with van der Waals surface area (Å²) in [5.41, 5.74) is 0.209. The van der Waals surface area contributed by atoms with E-state index in [0.717, 1.165) is 0 Å². The second-order valence-corrected chi connectivity index (χ2v) is 7.39. The van der Waals surface area contributed by atoms with Gasteiger partial charge in [-0.3, -0.25) is 0 Å². The molecule has 1 rings (SSSR count). The Morgan fingerprint density at radius 1 is 1.29 bits per heavy atom. The van der Waals surface area contributed by atoms with Gasteiger partial charge in [-0.25, -0.2) is 0 Å². The van der Waals surface area contributed by atoms with Gasteiger partial charge in [-0.1, -0.05) is 24.2 Å². The van der Waals surface area contributed by atoms with Crippen molar-refractivity contribution in [2.75, 3.05) is 0 Å². The Labute approximate surface area is 90.5 Å². The molecule has 0 heterocycles. The van der Waals surface area contributed by atoms with Crippen LogP contribution in [0.15, 0.2) is 4.40 Å². The van der Waals surface area contributed by atoms with Gasteiger partial charge in [-0.05, 0) is 33.6 Å². The molecule has 82 valence electrons. The third kappa shape index (κ3) is 3.28. The van der Waals surface area contributed by atoms with E-state index in [0.29, 0.717) is 0 Å². The predicted octanol–water partition coefficient (Wildman–Crippen LogP) is 3.10. The van der Waals surface area contributed by atoms with E-state index >= 15 is 0 Å². The second-order valence-electron chi connectivity index (χ2n) is 5.46. The second kappa shape index (κ2) is 4.23. The highest BCUT2D eigenvalue weighted by Crippen LogP contribution is 2.36. The molecule has 3 heteroatoms. The van der Waals surface area contributed by atoms with Gasteiger partial charge < -0.3 is 4.55 Å². The molecule has 0 spiro atoms. The molecule has 0 radical (unpaired) electrons. The van der Waals surface area contributed by atoms with Crippen LogP contribution in [0.25, 0.3) is 0 Å². The van der Waals surface area contributed by atoms with Crippen LogP contribution in [0.5, 0.6) is 0 Å². The van der Waals surface area contributed by atoms with Crippen LogP contribution >= 0.6 is 0 Å². The molecule has 0 aromatic rings. The summed E-state index contributed by atoms with van der Waals surface area (Å²) in [5.74, 6) is 0. The first-order valence-electron chi connectivity index (χ1n) is 5.31. The minimum absolute atomic E-state index is 0.209. The molecule has 0 aliphatic heterocycles. The summed E-state index contributed by atoms with van der Waals surface area (Å²) >= 11 is -1.09. The molecule has 1 aliphatic carbocycles. The van der Waals surface area contributed by atoms with Crippen molar-refractivity contribution in [1.29, 1.82) is 0 Å². The monoisotopic (exact) mass is 215 g/mol. The Balaban J connectivity index is 2.54. The normalized spacial score (nSPS) is 24.4. The molecule has 1 saturated carbocycles. The largest absolute Gasteiger partial charge is 0.591 e. The van der Waals surface area contributed by atoms with Gasteiger partial charge in [-0.15, -0.1) is 0 Å². The highest BCUT2D eigenvalue weighted by molar-refractivity contribution is 7.91. The number of hydrogen-bond acceptors (Lipinski definition) is 2. The van der Waals surface area contributed by atoms with E-state index in [2.05, 4.69) is 11.3 Å². The maximum absolute atomic E-state index is 11.7. The van der Waals surface area contributed by atoms with Crippen LogP contribution in [0.1, 0.15) is 53.4 Å². The van der Waals surface area contributed by atoms with Gasteiger partial charge in [0.1, 0.15) is 16.1 Å². The maximum atomic E-state index is 11.7. The van der Waals surface area contributed by atoms with Crippen LogP contribution in [-0.4, -0.2) is 15.5 Å². The van der Waals surface area contributed by atoms with Gasteiger partial charge in [0.05, 0.1) is 6.21 Å². The van der Waals surface area contributed by atoms with Crippen LogP contribution in [0.3, 0.4) is 0 Å². The van der Waals surface area contributed by atoms with Gasteiger partial charge >= 0.3 is 0 Å². The van der Waals surface area contributed by atoms with Crippen LogP contribution < -0.4 is 0 Å². The lowest BCUT2D eigenvalue weighted by molar-refractivity contribution is 0.499. The van der Waals surface area contributed by atoms with E-state index < -0.39 is 11.4 Å². The molecule has 1 atom stereocenters. The minimum atomic E-state index is -1.09. The third-order valence-electron chi connectivity index (χ3n) is 2.73. The first-order valence-corrected chi connectivity index (χ1v) is 6.41. The summed E-state index contributed by atoms with van der Waals surface area (Å²) in [4.78, 5) is 0. The van der Waals surface area contributed by atoms with E-state index in [1.54, 1.807) is 0 Å². The minimum Gasteiger partial charge on any atom is -0.591 e. The van der Waals surface area contributed by atoms with Crippen molar-refractivity contribution in [2.24, 2.45) is 9.81 Å². The van der Waals surface area contributed by atoms with Crippen LogP contribution in [0.4, 0.5) is 0 Å². The van der Waals surface area contributed by atoms with Crippen molar-refractivity contribution in [3.63, 3.8) is 0 Å². The Bertz CT molecular complexity index is 214. The summed E-state index contributed by atoms with van der Waals surface area (Å²) in [6.45, 7) is 8.08. The highest BCUT2D eigenvalue weighted by Gasteiger charge is 2.30. The standard InChI is InChI=1S/C11H21NOS/c1-10(2,3)14(13)12-9-11(4)7-5-6-8-11/h9H,5-8H2,1-4H3/t14-/m1/s1. The Hall–Kier alpha value is -0.0200. The molecule has 0 bridgehead atoms. The summed E-state index contributed by atoms with van der Waals surface area (Å²) in [7, 11) is 0. The fourth-order valence-electron chi connectivity index (χ4n) is 1.64. The van der Waals surface area contributed by atoms with Crippen molar-refractivity contribution < 1.29 is 4.55 Å². The molecule has 1 fully saturated rings. The lowest BCUT2D eigenvalue weighted by Crippen LogP contribution is -2.27. The molecule has 14 heavy (non-hydrogen) atoms. The average Bonchev–Trinajstić information content (AvgIpc) is 2.47. The van der Waals surface area contributed by atoms with E-state index in [-0.39, 0.29) is 10.2 Å². The average molecular weight is 215 g/mol. The molecule has 0 saturated heterocycles. The summed E-state index contributed by atoms with van der Waals surface area (Å²) < 4.78 is 15.6. The molecule has 0 unspecified atom stereocenters. The van der Waals surface area contributed by atoms with Gasteiger partial charge in [0, 0.05) is 5.41 Å². The molecular formula is C11H21NOS. The van der Waals surface area contributed by atoms with Gasteiger partial charge in [0.2, 0.25) is 0 Å². The van der Waals surface area contributed by atoms with Gasteiger partial charge in [-0.2, -0.15) is 0 Å². The van der Waals surface area contributed by atoms with Gasteiger partial charge in [0.25, 0.3) is 0 Å². The van der Waals surface area contributed by atoms with E-state index in [9.17, 15) is 4.55 Å². The smallest absolute Gasteiger partial charge is 0.144 e. The highest BCUT2D eigenvalue weighted by atomic mass is 32.2. The zero-order valence-electron chi connectivity index (χ0n) is 9.67. The molecule has 0 amide bonds. The Kier molecular flexibility index (Phi) is 3.64. The number of rotatable bonds is 2. The quantitative estimate of drug-likeness (QED) is 0.515. The number of nitrogens with zero attached hydrogens (tertiary/aromatic N) is 1. The lowest BCUT2D eigenvalue weighted by atomic mass is 9.91. The molecular weight excluding hydrogens is 194 g/mol. The first-order chi connectivity index (χ1) is 6.33. The zero-order chi connectivity index (χ0) is 10.8.